The number of hydrogen-bond donors (Lipinski definition) is 0. The standard InChI is InChI=1S/C17H20N2O2/c1-12(20)16-11-13-5-3-4-6-15(13)17(21)19(16)14-7-9-18(2)10-8-14/h3-6,11,14H,7-10H2,1-2H3. The molecule has 1 aromatic carbocycles. The van der Waals surface area contributed by atoms with Gasteiger partial charge >= 0.3 is 0 Å². The Morgan fingerprint density at radius 3 is 2.52 bits per heavy atom. The summed E-state index contributed by atoms with van der Waals surface area (Å²) in [4.78, 5) is 27.1. The number of hydrogen-bond acceptors (Lipinski definition) is 3. The third-order valence-corrected chi connectivity index (χ3v) is 4.38. The molecule has 1 aliphatic heterocycles. The number of carbonyl (C=O) groups is 1. The van der Waals surface area contributed by atoms with Crippen LogP contribution in [0.25, 0.3) is 10.8 Å². The number of Topliss-reactive ketones (excluding diaryl/α,β-unsaturated/α-hetero) is 1. The fraction of sp³-hybridized carbons (Fsp3) is 0.412. The number of nitrogens with zero attached hydrogens (tertiary/aromatic N) is 2. The first kappa shape index (κ1) is 14.0. The van der Waals surface area contributed by atoms with Gasteiger partial charge in [0, 0.05) is 18.4 Å². The van der Waals surface area contributed by atoms with Crippen molar-refractivity contribution in [1.82, 2.24) is 9.47 Å². The fourth-order valence-electron chi connectivity index (χ4n) is 3.16. The third-order valence-electron chi connectivity index (χ3n) is 4.38. The van der Waals surface area contributed by atoms with Gasteiger partial charge in [-0.3, -0.25) is 9.59 Å². The highest BCUT2D eigenvalue weighted by molar-refractivity contribution is 5.96. The Kier molecular flexibility index (Phi) is 3.64. The molecule has 0 spiro atoms. The van der Waals surface area contributed by atoms with E-state index in [1.165, 1.54) is 6.92 Å². The van der Waals surface area contributed by atoms with Crippen LogP contribution in [0, 0.1) is 0 Å². The normalized spacial score (nSPS) is 17.2. The smallest absolute Gasteiger partial charge is 0.259 e. The number of benzene rings is 1. The van der Waals surface area contributed by atoms with E-state index in [-0.39, 0.29) is 17.4 Å². The lowest BCUT2D eigenvalue weighted by Crippen LogP contribution is -2.37. The van der Waals surface area contributed by atoms with E-state index in [1.54, 1.807) is 4.57 Å². The second-order valence-corrected chi connectivity index (χ2v) is 5.88. The van der Waals surface area contributed by atoms with E-state index >= 15 is 0 Å². The van der Waals surface area contributed by atoms with Gasteiger partial charge in [-0.2, -0.15) is 0 Å². The third kappa shape index (κ3) is 2.51. The number of rotatable bonds is 2. The van der Waals surface area contributed by atoms with E-state index in [0.717, 1.165) is 31.3 Å². The van der Waals surface area contributed by atoms with Gasteiger partial charge in [0.15, 0.2) is 5.78 Å². The molecule has 2 heterocycles. The predicted octanol–water partition coefficient (Wildman–Crippen LogP) is 2.47. The van der Waals surface area contributed by atoms with Crippen molar-refractivity contribution in [2.75, 3.05) is 20.1 Å². The van der Waals surface area contributed by atoms with E-state index in [0.29, 0.717) is 11.1 Å². The van der Waals surface area contributed by atoms with Crippen LogP contribution in [0.4, 0.5) is 0 Å². The summed E-state index contributed by atoms with van der Waals surface area (Å²) in [6.07, 6.45) is 1.82. The van der Waals surface area contributed by atoms with Gasteiger partial charge in [0.2, 0.25) is 0 Å². The first-order valence-electron chi connectivity index (χ1n) is 7.41. The zero-order valence-corrected chi connectivity index (χ0v) is 12.5. The maximum atomic E-state index is 12.8. The molecule has 21 heavy (non-hydrogen) atoms. The molecule has 4 heteroatoms. The molecular formula is C17H20N2O2. The van der Waals surface area contributed by atoms with Crippen LogP contribution in [-0.2, 0) is 0 Å². The lowest BCUT2D eigenvalue weighted by molar-refractivity contribution is 0.0997. The van der Waals surface area contributed by atoms with Crippen LogP contribution in [0.3, 0.4) is 0 Å². The van der Waals surface area contributed by atoms with Crippen molar-refractivity contribution < 1.29 is 4.79 Å². The molecule has 0 aliphatic carbocycles. The average molecular weight is 284 g/mol. The topological polar surface area (TPSA) is 42.3 Å². The molecule has 0 bridgehead atoms. The van der Waals surface area contributed by atoms with Gasteiger partial charge in [0.25, 0.3) is 5.56 Å². The van der Waals surface area contributed by atoms with Gasteiger partial charge in [0.1, 0.15) is 0 Å². The lowest BCUT2D eigenvalue weighted by Gasteiger charge is -2.31. The van der Waals surface area contributed by atoms with Crippen molar-refractivity contribution in [1.29, 1.82) is 0 Å². The summed E-state index contributed by atoms with van der Waals surface area (Å²) in [5.41, 5.74) is 0.501. The molecule has 1 aliphatic rings. The molecule has 0 radical (unpaired) electrons. The van der Waals surface area contributed by atoms with Gasteiger partial charge in [-0.1, -0.05) is 18.2 Å². The van der Waals surface area contributed by atoms with E-state index < -0.39 is 0 Å². The Bertz CT molecular complexity index is 740. The van der Waals surface area contributed by atoms with E-state index in [1.807, 2.05) is 30.3 Å². The maximum Gasteiger partial charge on any atom is 0.259 e. The predicted molar refractivity (Wildman–Crippen MR) is 84.0 cm³/mol. The first-order chi connectivity index (χ1) is 10.1. The number of likely N-dealkylation sites (tertiary alicyclic amines) is 1. The molecule has 2 aromatic rings. The largest absolute Gasteiger partial charge is 0.306 e. The molecule has 0 unspecified atom stereocenters. The summed E-state index contributed by atoms with van der Waals surface area (Å²) in [5.74, 6) is -0.0446. The minimum absolute atomic E-state index is 0.0344. The molecule has 1 saturated heterocycles. The first-order valence-corrected chi connectivity index (χ1v) is 7.41. The van der Waals surface area contributed by atoms with Gasteiger partial charge in [-0.05, 0) is 50.5 Å². The molecule has 0 saturated carbocycles. The monoisotopic (exact) mass is 284 g/mol. The molecule has 0 amide bonds. The van der Waals surface area contributed by atoms with Crippen molar-refractivity contribution in [3.8, 4) is 0 Å². The summed E-state index contributed by atoms with van der Waals surface area (Å²) < 4.78 is 1.73. The van der Waals surface area contributed by atoms with Crippen LogP contribution >= 0.6 is 0 Å². The van der Waals surface area contributed by atoms with E-state index in [4.69, 9.17) is 0 Å². The van der Waals surface area contributed by atoms with Gasteiger partial charge in [-0.15, -0.1) is 0 Å². The minimum Gasteiger partial charge on any atom is -0.306 e. The number of piperidine rings is 1. The van der Waals surface area contributed by atoms with Crippen LogP contribution in [0.5, 0.6) is 0 Å². The average Bonchev–Trinajstić information content (AvgIpc) is 2.48. The summed E-state index contributed by atoms with van der Waals surface area (Å²) in [6.45, 7) is 3.46. The van der Waals surface area contributed by atoms with Crippen LogP contribution in [0.15, 0.2) is 35.1 Å². The summed E-state index contributed by atoms with van der Waals surface area (Å²) in [6, 6.07) is 9.48. The van der Waals surface area contributed by atoms with Gasteiger partial charge in [0.05, 0.1) is 5.69 Å². The zero-order chi connectivity index (χ0) is 15.0. The summed E-state index contributed by atoms with van der Waals surface area (Å²) >= 11 is 0. The van der Waals surface area contributed by atoms with Crippen LogP contribution in [0.2, 0.25) is 0 Å². The molecule has 4 nitrogen and oxygen atoms in total. The Morgan fingerprint density at radius 2 is 1.86 bits per heavy atom. The van der Waals surface area contributed by atoms with E-state index in [2.05, 4.69) is 11.9 Å². The Hall–Kier alpha value is -1.94. The highest BCUT2D eigenvalue weighted by atomic mass is 16.1. The molecule has 1 fully saturated rings. The fourth-order valence-corrected chi connectivity index (χ4v) is 3.16. The Morgan fingerprint density at radius 1 is 1.19 bits per heavy atom. The molecule has 110 valence electrons. The van der Waals surface area contributed by atoms with Crippen LogP contribution < -0.4 is 5.56 Å². The summed E-state index contributed by atoms with van der Waals surface area (Å²) in [7, 11) is 2.09. The second kappa shape index (κ2) is 5.45. The molecule has 1 aromatic heterocycles. The van der Waals surface area contributed by atoms with Crippen LogP contribution in [0.1, 0.15) is 36.3 Å². The van der Waals surface area contributed by atoms with Crippen molar-refractivity contribution in [2.45, 2.75) is 25.8 Å². The lowest BCUT2D eigenvalue weighted by atomic mass is 10.0. The zero-order valence-electron chi connectivity index (χ0n) is 12.5. The van der Waals surface area contributed by atoms with Crippen molar-refractivity contribution in [2.24, 2.45) is 0 Å². The molecule has 0 N–H and O–H groups in total. The molecular weight excluding hydrogens is 264 g/mol. The van der Waals surface area contributed by atoms with Crippen molar-refractivity contribution >= 4 is 16.6 Å². The highest BCUT2D eigenvalue weighted by Gasteiger charge is 2.23. The SMILES string of the molecule is CC(=O)c1cc2ccccc2c(=O)n1C1CCN(C)CC1. The maximum absolute atomic E-state index is 12.8. The number of fused-ring (bicyclic) bond motifs is 1. The minimum atomic E-state index is -0.0446. The van der Waals surface area contributed by atoms with E-state index in [9.17, 15) is 9.59 Å². The molecule has 3 rings (SSSR count). The second-order valence-electron chi connectivity index (χ2n) is 5.88. The Labute approximate surface area is 124 Å². The van der Waals surface area contributed by atoms with Gasteiger partial charge < -0.3 is 9.47 Å². The van der Waals surface area contributed by atoms with Crippen molar-refractivity contribution in [3.63, 3.8) is 0 Å². The highest BCUT2D eigenvalue weighted by Crippen LogP contribution is 2.24. The molecule has 0 atom stereocenters. The number of aromatic nitrogens is 1. The Balaban J connectivity index is 2.19. The quantitative estimate of drug-likeness (QED) is 0.796. The van der Waals surface area contributed by atoms with Crippen molar-refractivity contribution in [3.05, 3.63) is 46.4 Å². The van der Waals surface area contributed by atoms with Gasteiger partial charge in [-0.25, -0.2) is 0 Å². The number of pyridine rings is 1. The summed E-state index contributed by atoms with van der Waals surface area (Å²) in [5, 5.41) is 1.54. The van der Waals surface area contributed by atoms with Crippen LogP contribution in [-0.4, -0.2) is 35.4 Å². The number of carbonyl (C=O) groups excluding carboxylic acids is 1. The number of ketones is 1.